The topological polar surface area (TPSA) is 34.1 Å². The summed E-state index contributed by atoms with van der Waals surface area (Å²) < 4.78 is 0. The predicted molar refractivity (Wildman–Crippen MR) is 47.4 cm³/mol. The maximum Gasteiger partial charge on any atom is 0.188 e. The molecule has 0 heterocycles. The first-order valence-corrected chi connectivity index (χ1v) is 4.68. The van der Waals surface area contributed by atoms with Gasteiger partial charge in [-0.3, -0.25) is 4.79 Å². The van der Waals surface area contributed by atoms with Crippen LogP contribution in [0.5, 0.6) is 0 Å². The number of aldehydes is 1. The summed E-state index contributed by atoms with van der Waals surface area (Å²) in [6.45, 7) is 3.56. The van der Waals surface area contributed by atoms with Crippen LogP contribution in [0.4, 0.5) is 0 Å². The average Bonchev–Trinajstić information content (AvgIpc) is 1.99. The summed E-state index contributed by atoms with van der Waals surface area (Å²) in [5.41, 5.74) is 0. The van der Waals surface area contributed by atoms with Crippen molar-refractivity contribution >= 4 is 23.2 Å². The number of carbonyl (C=O) groups excluding carboxylic acids is 2. The Hall–Kier alpha value is -0.310. The van der Waals surface area contributed by atoms with Gasteiger partial charge in [-0.05, 0) is 19.8 Å². The van der Waals surface area contributed by atoms with Crippen molar-refractivity contribution < 1.29 is 9.59 Å². The number of carbonyl (C=O) groups is 2. The molecule has 0 aromatic carbocycles. The van der Waals surface area contributed by atoms with E-state index in [9.17, 15) is 9.59 Å². The molecule has 0 fully saturated rings. The molecule has 63 valence electrons. The van der Waals surface area contributed by atoms with Gasteiger partial charge in [0.25, 0.3) is 0 Å². The molecule has 0 rings (SSSR count). The highest BCUT2D eigenvalue weighted by Crippen LogP contribution is 2.08. The molecule has 2 nitrogen and oxygen atoms in total. The van der Waals surface area contributed by atoms with E-state index < -0.39 is 0 Å². The molecule has 11 heavy (non-hydrogen) atoms. The van der Waals surface area contributed by atoms with Gasteiger partial charge in [-0.2, -0.15) is 0 Å². The summed E-state index contributed by atoms with van der Waals surface area (Å²) >= 11 is 1.25. The highest BCUT2D eigenvalue weighted by Gasteiger charge is 1.99. The highest BCUT2D eigenvalue weighted by atomic mass is 32.2. The van der Waals surface area contributed by atoms with Gasteiger partial charge in [0.05, 0.1) is 0 Å². The lowest BCUT2D eigenvalue weighted by molar-refractivity contribution is -0.111. The predicted octanol–water partition coefficient (Wildman–Crippen LogP) is 1.84. The molecule has 0 aliphatic carbocycles. The number of thioether (sulfide) groups is 1. The molecule has 0 saturated heterocycles. The molecular weight excluding hydrogens is 160 g/mol. The molecular formula is C8H13O2S. The Morgan fingerprint density at radius 1 is 1.45 bits per heavy atom. The third-order valence-electron chi connectivity index (χ3n) is 1.22. The van der Waals surface area contributed by atoms with Gasteiger partial charge in [0.2, 0.25) is 0 Å². The van der Waals surface area contributed by atoms with Crippen LogP contribution in [0.2, 0.25) is 0 Å². The molecule has 0 aromatic rings. The number of hydrogen-bond acceptors (Lipinski definition) is 3. The molecule has 0 atom stereocenters. The van der Waals surface area contributed by atoms with Crippen molar-refractivity contribution in [1.82, 2.24) is 0 Å². The van der Waals surface area contributed by atoms with Gasteiger partial charge in [0.15, 0.2) is 5.12 Å². The van der Waals surface area contributed by atoms with Crippen LogP contribution in [0, 0.1) is 6.92 Å². The zero-order valence-corrected chi connectivity index (χ0v) is 7.36. The van der Waals surface area contributed by atoms with Crippen LogP contribution >= 0.6 is 11.8 Å². The summed E-state index contributed by atoms with van der Waals surface area (Å²) in [5.74, 6) is 0.604. The second-order valence-corrected chi connectivity index (χ2v) is 3.29. The standard InChI is InChI=1S/C8H13O2S/c1-2-11-8(10)6-4-3-5-7-9/h7H,1-6H2. The minimum atomic E-state index is 0.186. The average molecular weight is 173 g/mol. The summed E-state index contributed by atoms with van der Waals surface area (Å²) in [6, 6.07) is 0. The maximum atomic E-state index is 10.8. The molecule has 0 aromatic heterocycles. The van der Waals surface area contributed by atoms with Crippen molar-refractivity contribution in [3.63, 3.8) is 0 Å². The molecule has 3 heteroatoms. The first kappa shape index (κ1) is 10.7. The summed E-state index contributed by atoms with van der Waals surface area (Å²) in [6.07, 6.45) is 3.69. The SMILES string of the molecule is [CH2]CSC(=O)CCCCC=O. The van der Waals surface area contributed by atoms with Gasteiger partial charge in [-0.15, -0.1) is 0 Å². The third kappa shape index (κ3) is 7.59. The lowest BCUT2D eigenvalue weighted by Crippen LogP contribution is -1.91. The quantitative estimate of drug-likeness (QED) is 0.454. The summed E-state index contributed by atoms with van der Waals surface area (Å²) in [5, 5.41) is 0.186. The fraction of sp³-hybridized carbons (Fsp3) is 0.625. The smallest absolute Gasteiger partial charge is 0.188 e. The van der Waals surface area contributed by atoms with E-state index >= 15 is 0 Å². The van der Waals surface area contributed by atoms with Crippen molar-refractivity contribution in [2.75, 3.05) is 5.75 Å². The first-order valence-electron chi connectivity index (χ1n) is 3.69. The summed E-state index contributed by atoms with van der Waals surface area (Å²) in [7, 11) is 0. The minimum absolute atomic E-state index is 0.186. The fourth-order valence-electron chi connectivity index (χ4n) is 0.683. The van der Waals surface area contributed by atoms with Crippen LogP contribution in [0.25, 0.3) is 0 Å². The lowest BCUT2D eigenvalue weighted by Gasteiger charge is -1.95. The van der Waals surface area contributed by atoms with Gasteiger partial charge >= 0.3 is 0 Å². The van der Waals surface area contributed by atoms with E-state index in [-0.39, 0.29) is 5.12 Å². The van der Waals surface area contributed by atoms with Crippen molar-refractivity contribution in [3.05, 3.63) is 6.92 Å². The Labute approximate surface area is 71.7 Å². The monoisotopic (exact) mass is 173 g/mol. The second kappa shape index (κ2) is 7.79. The molecule has 0 spiro atoms. The Balaban J connectivity index is 3.10. The van der Waals surface area contributed by atoms with Crippen LogP contribution in [-0.4, -0.2) is 17.2 Å². The van der Waals surface area contributed by atoms with Crippen LogP contribution in [0.1, 0.15) is 25.7 Å². The van der Waals surface area contributed by atoms with Gasteiger partial charge in [-0.25, -0.2) is 0 Å². The lowest BCUT2D eigenvalue weighted by atomic mass is 10.2. The minimum Gasteiger partial charge on any atom is -0.303 e. The Morgan fingerprint density at radius 2 is 2.18 bits per heavy atom. The summed E-state index contributed by atoms with van der Waals surface area (Å²) in [4.78, 5) is 20.7. The van der Waals surface area contributed by atoms with Gasteiger partial charge < -0.3 is 4.79 Å². The fourth-order valence-corrected chi connectivity index (χ4v) is 1.20. The molecule has 0 amide bonds. The molecule has 0 saturated carbocycles. The van der Waals surface area contributed by atoms with Crippen LogP contribution in [-0.2, 0) is 9.59 Å². The van der Waals surface area contributed by atoms with E-state index in [1.165, 1.54) is 11.8 Å². The highest BCUT2D eigenvalue weighted by molar-refractivity contribution is 8.13. The molecule has 0 N–H and O–H groups in total. The van der Waals surface area contributed by atoms with Crippen molar-refractivity contribution in [2.45, 2.75) is 25.7 Å². The maximum absolute atomic E-state index is 10.8. The van der Waals surface area contributed by atoms with Gasteiger partial charge in [0.1, 0.15) is 6.29 Å². The van der Waals surface area contributed by atoms with Gasteiger partial charge in [0, 0.05) is 18.6 Å². The largest absolute Gasteiger partial charge is 0.303 e. The zero-order valence-electron chi connectivity index (χ0n) is 6.54. The molecule has 0 bridgehead atoms. The molecule has 0 unspecified atom stereocenters. The van der Waals surface area contributed by atoms with E-state index in [4.69, 9.17) is 0 Å². The van der Waals surface area contributed by atoms with E-state index in [1.807, 2.05) is 0 Å². The molecule has 0 aliphatic rings. The second-order valence-electron chi connectivity index (χ2n) is 2.13. The van der Waals surface area contributed by atoms with Crippen molar-refractivity contribution in [1.29, 1.82) is 0 Å². The van der Waals surface area contributed by atoms with E-state index in [1.54, 1.807) is 0 Å². The van der Waals surface area contributed by atoms with E-state index in [0.29, 0.717) is 18.6 Å². The number of unbranched alkanes of at least 4 members (excludes halogenated alkanes) is 2. The van der Waals surface area contributed by atoms with Crippen LogP contribution < -0.4 is 0 Å². The number of hydrogen-bond donors (Lipinski definition) is 0. The van der Waals surface area contributed by atoms with Crippen LogP contribution in [0.15, 0.2) is 0 Å². The Kier molecular flexibility index (Phi) is 7.57. The Bertz CT molecular complexity index is 123. The zero-order chi connectivity index (χ0) is 8.53. The normalized spacial score (nSPS) is 9.55. The Morgan fingerprint density at radius 3 is 2.73 bits per heavy atom. The first-order chi connectivity index (χ1) is 5.31. The van der Waals surface area contributed by atoms with Crippen LogP contribution in [0.3, 0.4) is 0 Å². The van der Waals surface area contributed by atoms with Crippen molar-refractivity contribution in [2.24, 2.45) is 0 Å². The molecule has 1 radical (unpaired) electrons. The van der Waals surface area contributed by atoms with E-state index in [0.717, 1.165) is 19.1 Å². The number of rotatable bonds is 6. The molecule has 0 aliphatic heterocycles. The van der Waals surface area contributed by atoms with Gasteiger partial charge in [-0.1, -0.05) is 11.8 Å². The third-order valence-corrected chi connectivity index (χ3v) is 1.95. The van der Waals surface area contributed by atoms with Crippen molar-refractivity contribution in [3.8, 4) is 0 Å². The van der Waals surface area contributed by atoms with E-state index in [2.05, 4.69) is 6.92 Å².